The predicted octanol–water partition coefficient (Wildman–Crippen LogP) is 0.215. The molecule has 100 valence electrons. The molecule has 0 unspecified atom stereocenters. The van der Waals surface area contributed by atoms with E-state index < -0.39 is 15.9 Å². The maximum atomic E-state index is 11.2. The highest BCUT2D eigenvalue weighted by molar-refractivity contribution is 7.89. The van der Waals surface area contributed by atoms with Crippen molar-refractivity contribution in [3.8, 4) is 6.07 Å². The minimum atomic E-state index is -3.88. The number of nitrogens with zero attached hydrogens (tertiary/aromatic N) is 2. The third-order valence-corrected chi connectivity index (χ3v) is 3.16. The van der Waals surface area contributed by atoms with E-state index in [1.54, 1.807) is 6.07 Å². The Hall–Kier alpha value is -2.15. The lowest BCUT2D eigenvalue weighted by atomic mass is 10.3. The van der Waals surface area contributed by atoms with Crippen LogP contribution in [0.15, 0.2) is 28.2 Å². The van der Waals surface area contributed by atoms with Crippen molar-refractivity contribution in [2.75, 3.05) is 5.43 Å². The summed E-state index contributed by atoms with van der Waals surface area (Å²) in [7, 11) is -3.88. The Morgan fingerprint density at radius 2 is 2.16 bits per heavy atom. The Bertz CT molecular complexity index is 691. The van der Waals surface area contributed by atoms with Crippen LogP contribution in [0.4, 0.5) is 5.69 Å². The summed E-state index contributed by atoms with van der Waals surface area (Å²) in [5.41, 5.74) is 7.19. The van der Waals surface area contributed by atoms with Crippen molar-refractivity contribution in [2.24, 2.45) is 16.0 Å². The van der Waals surface area contributed by atoms with Gasteiger partial charge in [-0.15, -0.1) is 0 Å². The van der Waals surface area contributed by atoms with Gasteiger partial charge in [-0.3, -0.25) is 10.8 Å². The monoisotopic (exact) mass is 300 g/mol. The van der Waals surface area contributed by atoms with Crippen LogP contribution in [0.2, 0.25) is 5.02 Å². The van der Waals surface area contributed by atoms with Gasteiger partial charge in [0.15, 0.2) is 5.84 Å². The van der Waals surface area contributed by atoms with Crippen LogP contribution in [-0.4, -0.2) is 20.0 Å². The zero-order chi connectivity index (χ0) is 14.6. The van der Waals surface area contributed by atoms with E-state index in [1.165, 1.54) is 12.1 Å². The van der Waals surface area contributed by atoms with Crippen LogP contribution in [0.3, 0.4) is 0 Å². The molecule has 0 saturated heterocycles. The number of rotatable bonds is 4. The number of benzene rings is 1. The van der Waals surface area contributed by atoms with Gasteiger partial charge in [-0.25, -0.2) is 13.6 Å². The molecule has 0 radical (unpaired) electrons. The van der Waals surface area contributed by atoms with Gasteiger partial charge in [-0.1, -0.05) is 11.6 Å². The Morgan fingerprint density at radius 1 is 1.53 bits per heavy atom. The molecule has 0 heterocycles. The first-order valence-electron chi connectivity index (χ1n) is 4.66. The molecule has 0 aliphatic heterocycles. The first-order valence-corrected chi connectivity index (χ1v) is 6.58. The van der Waals surface area contributed by atoms with Crippen LogP contribution in [0, 0.1) is 16.7 Å². The fourth-order valence-electron chi connectivity index (χ4n) is 1.03. The Morgan fingerprint density at radius 3 is 2.63 bits per heavy atom. The number of primary sulfonamides is 1. The summed E-state index contributed by atoms with van der Waals surface area (Å²) in [5.74, 6) is -0.534. The number of hydrazone groups is 1. The molecule has 1 aromatic rings. The third-order valence-electron chi connectivity index (χ3n) is 1.92. The van der Waals surface area contributed by atoms with Gasteiger partial charge in [0.05, 0.1) is 15.6 Å². The van der Waals surface area contributed by atoms with E-state index in [4.69, 9.17) is 33.1 Å². The van der Waals surface area contributed by atoms with Gasteiger partial charge < -0.3 is 5.73 Å². The average molecular weight is 301 g/mol. The van der Waals surface area contributed by atoms with Gasteiger partial charge in [0.1, 0.15) is 6.07 Å². The lowest BCUT2D eigenvalue weighted by Crippen LogP contribution is -2.22. The Kier molecular flexibility index (Phi) is 4.44. The van der Waals surface area contributed by atoms with Gasteiger partial charge in [0, 0.05) is 0 Å². The van der Waals surface area contributed by atoms with Gasteiger partial charge in [-0.2, -0.15) is 10.4 Å². The largest absolute Gasteiger partial charge is 0.382 e. The number of nitrogens with one attached hydrogen (secondary N) is 2. The van der Waals surface area contributed by atoms with Crippen LogP contribution in [0.1, 0.15) is 0 Å². The van der Waals surface area contributed by atoms with Gasteiger partial charge in [0.2, 0.25) is 15.7 Å². The van der Waals surface area contributed by atoms with Crippen molar-refractivity contribution in [2.45, 2.75) is 4.90 Å². The van der Waals surface area contributed by atoms with E-state index in [9.17, 15) is 8.42 Å². The van der Waals surface area contributed by atoms with Crippen LogP contribution >= 0.6 is 11.6 Å². The molecular formula is C9H9ClN6O2S. The molecule has 0 amide bonds. The first-order chi connectivity index (χ1) is 8.75. The Balaban J connectivity index is 3.16. The highest BCUT2D eigenvalue weighted by atomic mass is 35.5. The summed E-state index contributed by atoms with van der Waals surface area (Å²) in [5, 5.41) is 24.3. The topological polar surface area (TPSA) is 158 Å². The SMILES string of the molecule is N#C/C(=N\Nc1cc(S(N)(=O)=O)ccc1Cl)C(=N)N. The maximum Gasteiger partial charge on any atom is 0.238 e. The molecule has 6 N–H and O–H groups in total. The fourth-order valence-corrected chi connectivity index (χ4v) is 1.73. The summed E-state index contributed by atoms with van der Waals surface area (Å²) in [6.45, 7) is 0. The molecule has 8 nitrogen and oxygen atoms in total. The van der Waals surface area contributed by atoms with Gasteiger partial charge >= 0.3 is 0 Å². The summed E-state index contributed by atoms with van der Waals surface area (Å²) >= 11 is 5.82. The maximum absolute atomic E-state index is 11.2. The van der Waals surface area contributed by atoms with E-state index in [2.05, 4.69) is 10.5 Å². The zero-order valence-corrected chi connectivity index (χ0v) is 11.0. The lowest BCUT2D eigenvalue weighted by molar-refractivity contribution is 0.598. The number of hydrogen-bond donors (Lipinski definition) is 4. The molecule has 0 atom stereocenters. The standard InChI is InChI=1S/C9H9ClN6O2S/c10-6-2-1-5(19(14,17)18)3-7(6)15-16-8(4-11)9(12)13/h1-3,15H,(H3,12,13)(H2,14,17,18)/b16-8+. The van der Waals surface area contributed by atoms with Crippen LogP contribution in [0.5, 0.6) is 0 Å². The third kappa shape index (κ3) is 3.92. The molecule has 0 aliphatic carbocycles. The van der Waals surface area contributed by atoms with E-state index in [0.717, 1.165) is 6.07 Å². The van der Waals surface area contributed by atoms with Crippen molar-refractivity contribution in [1.82, 2.24) is 0 Å². The van der Waals surface area contributed by atoms with Crippen LogP contribution < -0.4 is 16.3 Å². The van der Waals surface area contributed by atoms with Crippen molar-refractivity contribution in [3.63, 3.8) is 0 Å². The molecule has 10 heteroatoms. The Labute approximate surface area is 114 Å². The summed E-state index contributed by atoms with van der Waals surface area (Å²) in [6, 6.07) is 5.27. The molecule has 0 aliphatic rings. The molecular weight excluding hydrogens is 292 g/mol. The van der Waals surface area contributed by atoms with Crippen LogP contribution in [-0.2, 0) is 10.0 Å². The van der Waals surface area contributed by atoms with E-state index in [1.807, 2.05) is 0 Å². The number of nitrogens with two attached hydrogens (primary N) is 2. The molecule has 0 bridgehead atoms. The van der Waals surface area contributed by atoms with E-state index in [-0.39, 0.29) is 21.3 Å². The second kappa shape index (κ2) is 5.66. The average Bonchev–Trinajstić information content (AvgIpc) is 2.30. The van der Waals surface area contributed by atoms with Gasteiger partial charge in [-0.05, 0) is 18.2 Å². The molecule has 19 heavy (non-hydrogen) atoms. The summed E-state index contributed by atoms with van der Waals surface area (Å²) in [4.78, 5) is -0.170. The molecule has 0 spiro atoms. The second-order valence-electron chi connectivity index (χ2n) is 3.28. The van der Waals surface area contributed by atoms with Crippen molar-refractivity contribution in [3.05, 3.63) is 23.2 Å². The van der Waals surface area contributed by atoms with E-state index >= 15 is 0 Å². The quantitative estimate of drug-likeness (QED) is 0.355. The van der Waals surface area contributed by atoms with E-state index in [0.29, 0.717) is 0 Å². The number of sulfonamides is 1. The number of hydrogen-bond acceptors (Lipinski definition) is 6. The highest BCUT2D eigenvalue weighted by Crippen LogP contribution is 2.24. The van der Waals surface area contributed by atoms with Crippen molar-refractivity contribution >= 4 is 38.9 Å². The van der Waals surface area contributed by atoms with Crippen molar-refractivity contribution in [1.29, 1.82) is 10.7 Å². The van der Waals surface area contributed by atoms with Gasteiger partial charge in [0.25, 0.3) is 0 Å². The minimum absolute atomic E-state index is 0.113. The zero-order valence-electron chi connectivity index (χ0n) is 9.38. The summed E-state index contributed by atoms with van der Waals surface area (Å²) in [6.07, 6.45) is 0. The lowest BCUT2D eigenvalue weighted by Gasteiger charge is -2.06. The first kappa shape index (κ1) is 14.9. The summed E-state index contributed by atoms with van der Waals surface area (Å²) < 4.78 is 22.3. The molecule has 1 aromatic carbocycles. The molecule has 1 rings (SSSR count). The predicted molar refractivity (Wildman–Crippen MR) is 71.4 cm³/mol. The van der Waals surface area contributed by atoms with Crippen molar-refractivity contribution < 1.29 is 8.42 Å². The number of nitriles is 1. The smallest absolute Gasteiger partial charge is 0.238 e. The number of halogens is 1. The normalized spacial score (nSPS) is 11.7. The minimum Gasteiger partial charge on any atom is -0.382 e. The van der Waals surface area contributed by atoms with Crippen LogP contribution in [0.25, 0.3) is 0 Å². The highest BCUT2D eigenvalue weighted by Gasteiger charge is 2.11. The fraction of sp³-hybridized carbons (Fsp3) is 0. The molecule has 0 saturated carbocycles. The molecule has 0 fully saturated rings. The number of amidine groups is 1. The number of anilines is 1. The second-order valence-corrected chi connectivity index (χ2v) is 5.25. The molecule has 0 aromatic heterocycles.